The van der Waals surface area contributed by atoms with Crippen LogP contribution in [0.25, 0.3) is 0 Å². The molecule has 0 atom stereocenters. The third-order valence-electron chi connectivity index (χ3n) is 4.39. The highest BCUT2D eigenvalue weighted by molar-refractivity contribution is 7.92. The van der Waals surface area contributed by atoms with Crippen LogP contribution in [0.15, 0.2) is 47.4 Å². The minimum Gasteiger partial charge on any atom is -0.494 e. The van der Waals surface area contributed by atoms with E-state index in [1.165, 1.54) is 23.1 Å². The van der Waals surface area contributed by atoms with Crippen molar-refractivity contribution in [1.29, 1.82) is 5.26 Å². The fourth-order valence-corrected chi connectivity index (χ4v) is 4.10. The van der Waals surface area contributed by atoms with E-state index in [1.54, 1.807) is 24.3 Å². The molecule has 152 valence electrons. The minimum absolute atomic E-state index is 0.000425. The molecule has 0 saturated heterocycles. The molecule has 0 spiro atoms. The smallest absolute Gasteiger partial charge is 0.261 e. The maximum Gasteiger partial charge on any atom is 0.261 e. The summed E-state index contributed by atoms with van der Waals surface area (Å²) in [7, 11) is -3.94. The van der Waals surface area contributed by atoms with E-state index in [0.29, 0.717) is 18.0 Å². The fourth-order valence-electron chi connectivity index (χ4n) is 2.82. The molecule has 1 saturated carbocycles. The Bertz CT molecular complexity index is 1040. The van der Waals surface area contributed by atoms with Gasteiger partial charge in [-0.25, -0.2) is 8.42 Å². The van der Waals surface area contributed by atoms with Crippen LogP contribution in [-0.4, -0.2) is 38.4 Å². The van der Waals surface area contributed by atoms with E-state index < -0.39 is 15.9 Å². The predicted octanol–water partition coefficient (Wildman–Crippen LogP) is 3.67. The van der Waals surface area contributed by atoms with Crippen molar-refractivity contribution in [3.8, 4) is 11.8 Å². The Balaban J connectivity index is 1.85. The van der Waals surface area contributed by atoms with Crippen LogP contribution in [0.2, 0.25) is 5.02 Å². The molecule has 1 N–H and O–H groups in total. The first-order valence-electron chi connectivity index (χ1n) is 9.09. The molecule has 0 unspecified atom stereocenters. The van der Waals surface area contributed by atoms with Crippen molar-refractivity contribution in [2.75, 3.05) is 17.9 Å². The first kappa shape index (κ1) is 21.0. The summed E-state index contributed by atoms with van der Waals surface area (Å²) in [5, 5.41) is 9.13. The lowest BCUT2D eigenvalue weighted by Crippen LogP contribution is -2.33. The van der Waals surface area contributed by atoms with Crippen molar-refractivity contribution in [1.82, 2.24) is 4.90 Å². The number of hydrogen-bond acceptors (Lipinski definition) is 5. The quantitative estimate of drug-likeness (QED) is 0.640. The number of amides is 1. The molecule has 1 fully saturated rings. The predicted molar refractivity (Wildman–Crippen MR) is 110 cm³/mol. The molecule has 29 heavy (non-hydrogen) atoms. The molecule has 0 radical (unpaired) electrons. The first-order chi connectivity index (χ1) is 13.9. The molecule has 2 aromatic rings. The zero-order valence-electron chi connectivity index (χ0n) is 15.8. The Morgan fingerprint density at radius 1 is 1.28 bits per heavy atom. The first-order valence-corrected chi connectivity index (χ1v) is 10.9. The van der Waals surface area contributed by atoms with Crippen molar-refractivity contribution in [2.45, 2.75) is 30.7 Å². The summed E-state index contributed by atoms with van der Waals surface area (Å²) in [5.74, 6) is 0.185. The average molecular weight is 434 g/mol. The zero-order valence-corrected chi connectivity index (χ0v) is 17.3. The summed E-state index contributed by atoms with van der Waals surface area (Å²) in [6.07, 6.45) is 1.64. The van der Waals surface area contributed by atoms with Gasteiger partial charge in [0.2, 0.25) is 0 Å². The molecule has 0 aliphatic heterocycles. The molecule has 1 amide bonds. The summed E-state index contributed by atoms with van der Waals surface area (Å²) < 4.78 is 33.4. The van der Waals surface area contributed by atoms with Gasteiger partial charge in [0.05, 0.1) is 28.2 Å². The van der Waals surface area contributed by atoms with Gasteiger partial charge in [-0.1, -0.05) is 11.6 Å². The second kappa shape index (κ2) is 8.72. The van der Waals surface area contributed by atoms with Crippen LogP contribution in [0.1, 0.15) is 30.1 Å². The van der Waals surface area contributed by atoms with Crippen LogP contribution in [0.3, 0.4) is 0 Å². The van der Waals surface area contributed by atoms with E-state index in [2.05, 4.69) is 4.72 Å². The number of nitrogens with zero attached hydrogens (tertiary/aromatic N) is 2. The number of hydrogen-bond donors (Lipinski definition) is 1. The summed E-state index contributed by atoms with van der Waals surface area (Å²) in [6, 6.07) is 12.4. The minimum atomic E-state index is -3.94. The number of nitriles is 1. The number of benzene rings is 2. The van der Waals surface area contributed by atoms with Gasteiger partial charge in [0.1, 0.15) is 12.3 Å². The molecule has 0 heterocycles. The molecule has 0 aromatic heterocycles. The van der Waals surface area contributed by atoms with Crippen LogP contribution >= 0.6 is 11.6 Å². The van der Waals surface area contributed by atoms with Gasteiger partial charge < -0.3 is 9.64 Å². The summed E-state index contributed by atoms with van der Waals surface area (Å²) in [6.45, 7) is 2.30. The van der Waals surface area contributed by atoms with Gasteiger partial charge in [-0.2, -0.15) is 5.26 Å². The topological polar surface area (TPSA) is 99.5 Å². The molecule has 7 nitrogen and oxygen atoms in total. The lowest BCUT2D eigenvalue weighted by Gasteiger charge is -2.20. The second-order valence-electron chi connectivity index (χ2n) is 6.53. The molecule has 1 aliphatic rings. The normalized spacial score (nSPS) is 13.4. The third-order valence-corrected chi connectivity index (χ3v) is 6.09. The van der Waals surface area contributed by atoms with Crippen molar-refractivity contribution in [3.63, 3.8) is 0 Å². The third kappa shape index (κ3) is 5.00. The van der Waals surface area contributed by atoms with Gasteiger partial charge in [-0.15, -0.1) is 0 Å². The number of anilines is 1. The van der Waals surface area contributed by atoms with E-state index >= 15 is 0 Å². The highest BCUT2D eigenvalue weighted by atomic mass is 35.5. The number of nitrogens with one attached hydrogen (secondary N) is 1. The van der Waals surface area contributed by atoms with Gasteiger partial charge in [0, 0.05) is 11.7 Å². The standard InChI is InChI=1S/C20H20ClN3O4S/c1-2-28-16-7-3-14(4-8-16)23-29(26,27)17-9-10-19(21)18(13-17)20(25)24(12-11-22)15-5-6-15/h3-4,7-10,13,15,23H,2,5-6,12H2,1H3. The lowest BCUT2D eigenvalue weighted by molar-refractivity contribution is 0.0765. The maximum absolute atomic E-state index is 12.8. The van der Waals surface area contributed by atoms with Gasteiger partial charge >= 0.3 is 0 Å². The van der Waals surface area contributed by atoms with Crippen LogP contribution in [-0.2, 0) is 10.0 Å². The largest absolute Gasteiger partial charge is 0.494 e. The molecular weight excluding hydrogens is 414 g/mol. The molecule has 1 aliphatic carbocycles. The number of carbonyl (C=O) groups excluding carboxylic acids is 1. The molecule has 0 bridgehead atoms. The Morgan fingerprint density at radius 2 is 1.97 bits per heavy atom. The average Bonchev–Trinajstić information content (AvgIpc) is 3.52. The number of carbonyl (C=O) groups is 1. The molecular formula is C20H20ClN3O4S. The summed E-state index contributed by atoms with van der Waals surface area (Å²) >= 11 is 6.16. The van der Waals surface area contributed by atoms with Gasteiger partial charge in [-0.05, 0) is 62.2 Å². The Labute approximate surface area is 174 Å². The fraction of sp³-hybridized carbons (Fsp3) is 0.300. The lowest BCUT2D eigenvalue weighted by atomic mass is 10.2. The van der Waals surface area contributed by atoms with Crippen molar-refractivity contribution in [3.05, 3.63) is 53.1 Å². The van der Waals surface area contributed by atoms with Crippen molar-refractivity contribution >= 4 is 33.2 Å². The van der Waals surface area contributed by atoms with E-state index in [9.17, 15) is 13.2 Å². The SMILES string of the molecule is CCOc1ccc(NS(=O)(=O)c2ccc(Cl)c(C(=O)N(CC#N)C3CC3)c2)cc1. The second-order valence-corrected chi connectivity index (χ2v) is 8.62. The van der Waals surface area contributed by atoms with Crippen molar-refractivity contribution < 1.29 is 17.9 Å². The molecule has 2 aromatic carbocycles. The maximum atomic E-state index is 12.8. The van der Waals surface area contributed by atoms with Crippen LogP contribution in [0, 0.1) is 11.3 Å². The zero-order chi connectivity index (χ0) is 21.0. The summed E-state index contributed by atoms with van der Waals surface area (Å²) in [5.41, 5.74) is 0.420. The number of ether oxygens (including phenoxy) is 1. The highest BCUT2D eigenvalue weighted by Crippen LogP contribution is 2.30. The van der Waals surface area contributed by atoms with Crippen LogP contribution in [0.5, 0.6) is 5.75 Å². The van der Waals surface area contributed by atoms with Gasteiger partial charge in [0.25, 0.3) is 15.9 Å². The van der Waals surface area contributed by atoms with Crippen LogP contribution in [0.4, 0.5) is 5.69 Å². The van der Waals surface area contributed by atoms with Crippen LogP contribution < -0.4 is 9.46 Å². The van der Waals surface area contributed by atoms with E-state index in [-0.39, 0.29) is 28.1 Å². The Morgan fingerprint density at radius 3 is 2.55 bits per heavy atom. The van der Waals surface area contributed by atoms with E-state index in [1.807, 2.05) is 13.0 Å². The number of sulfonamides is 1. The van der Waals surface area contributed by atoms with Gasteiger partial charge in [-0.3, -0.25) is 9.52 Å². The van der Waals surface area contributed by atoms with E-state index in [0.717, 1.165) is 12.8 Å². The molecule has 9 heteroatoms. The number of halogens is 1. The highest BCUT2D eigenvalue weighted by Gasteiger charge is 2.34. The van der Waals surface area contributed by atoms with Gasteiger partial charge in [0.15, 0.2) is 0 Å². The van der Waals surface area contributed by atoms with E-state index in [4.69, 9.17) is 21.6 Å². The molecule has 3 rings (SSSR count). The Kier molecular flexibility index (Phi) is 6.30. The Hall–Kier alpha value is -2.76. The summed E-state index contributed by atoms with van der Waals surface area (Å²) in [4.78, 5) is 14.2. The monoisotopic (exact) mass is 433 g/mol. The van der Waals surface area contributed by atoms with Crippen molar-refractivity contribution in [2.24, 2.45) is 0 Å². The number of rotatable bonds is 8.